The minimum Gasteiger partial charge on any atom is -0.383 e. The van der Waals surface area contributed by atoms with Crippen molar-refractivity contribution in [2.45, 2.75) is 25.5 Å². The molecule has 0 saturated carbocycles. The molecule has 0 aliphatic carbocycles. The van der Waals surface area contributed by atoms with Gasteiger partial charge in [-0.1, -0.05) is 12.1 Å². The Morgan fingerprint density at radius 2 is 2.21 bits per heavy atom. The molecule has 1 aliphatic rings. The summed E-state index contributed by atoms with van der Waals surface area (Å²) in [6.07, 6.45) is 2.37. The van der Waals surface area contributed by atoms with Gasteiger partial charge in [0.05, 0.1) is 24.2 Å². The van der Waals surface area contributed by atoms with E-state index in [1.165, 1.54) is 12.1 Å². The van der Waals surface area contributed by atoms with E-state index in [1.54, 1.807) is 19.2 Å². The Hall–Kier alpha value is -2.19. The van der Waals surface area contributed by atoms with Gasteiger partial charge in [-0.15, -0.1) is 0 Å². The van der Waals surface area contributed by atoms with Crippen LogP contribution in [0.5, 0.6) is 0 Å². The number of methoxy groups -OCH3 is 1. The highest BCUT2D eigenvalue weighted by Gasteiger charge is 2.15. The average molecular weight is 336 g/mol. The Morgan fingerprint density at radius 3 is 2.83 bits per heavy atom. The number of hydrogen-bond donors (Lipinski definition) is 2. The van der Waals surface area contributed by atoms with Crippen molar-refractivity contribution in [3.8, 4) is 0 Å². The van der Waals surface area contributed by atoms with Crippen molar-refractivity contribution < 1.29 is 14.4 Å². The fourth-order valence-corrected chi connectivity index (χ4v) is 2.36. The molecule has 0 bridgehead atoms. The average Bonchev–Trinajstić information content (AvgIpc) is 3.11. The molecule has 8 heteroatoms. The van der Waals surface area contributed by atoms with E-state index in [9.17, 15) is 10.1 Å². The van der Waals surface area contributed by atoms with E-state index in [1.807, 2.05) is 0 Å². The van der Waals surface area contributed by atoms with Gasteiger partial charge < -0.3 is 20.1 Å². The van der Waals surface area contributed by atoms with Crippen LogP contribution in [-0.4, -0.2) is 50.4 Å². The van der Waals surface area contributed by atoms with E-state index in [4.69, 9.17) is 9.47 Å². The zero-order valence-corrected chi connectivity index (χ0v) is 13.9. The molecule has 1 saturated heterocycles. The number of ether oxygens (including phenoxy) is 2. The molecule has 1 fully saturated rings. The number of nitro groups is 1. The lowest BCUT2D eigenvalue weighted by molar-refractivity contribution is -0.384. The Bertz CT molecular complexity index is 542. The van der Waals surface area contributed by atoms with Gasteiger partial charge >= 0.3 is 0 Å². The third kappa shape index (κ3) is 6.13. The number of non-ortho nitro benzene ring substituents is 1. The van der Waals surface area contributed by atoms with Gasteiger partial charge in [0, 0.05) is 38.9 Å². The van der Waals surface area contributed by atoms with Crippen molar-refractivity contribution in [2.75, 3.05) is 33.4 Å². The van der Waals surface area contributed by atoms with Gasteiger partial charge in [0.2, 0.25) is 0 Å². The molecule has 1 aromatic rings. The molecule has 0 amide bonds. The second-order valence-corrected chi connectivity index (χ2v) is 5.52. The fourth-order valence-electron chi connectivity index (χ4n) is 2.36. The van der Waals surface area contributed by atoms with Gasteiger partial charge in [0.1, 0.15) is 0 Å². The molecule has 2 rings (SSSR count). The van der Waals surface area contributed by atoms with Crippen LogP contribution in [0.25, 0.3) is 0 Å². The summed E-state index contributed by atoms with van der Waals surface area (Å²) in [6.45, 7) is 3.19. The number of nitrogens with one attached hydrogen (secondary N) is 2. The van der Waals surface area contributed by atoms with Crippen molar-refractivity contribution >= 4 is 11.6 Å². The van der Waals surface area contributed by atoms with Crippen molar-refractivity contribution in [1.29, 1.82) is 0 Å². The third-order valence-electron chi connectivity index (χ3n) is 3.69. The standard InChI is InChI=1S/C16H24N4O4/c1-23-10-8-17-16(19-12-15-3-2-9-24-15)18-11-13-4-6-14(7-5-13)20(21)22/h4-7,15H,2-3,8-12H2,1H3,(H2,17,18,19). The van der Waals surface area contributed by atoms with Crippen LogP contribution in [0.3, 0.4) is 0 Å². The fraction of sp³-hybridized carbons (Fsp3) is 0.562. The predicted molar refractivity (Wildman–Crippen MR) is 91.1 cm³/mol. The highest BCUT2D eigenvalue weighted by Crippen LogP contribution is 2.13. The number of nitro benzene ring substituents is 1. The molecule has 1 unspecified atom stereocenters. The van der Waals surface area contributed by atoms with Crippen molar-refractivity contribution in [3.05, 3.63) is 39.9 Å². The van der Waals surface area contributed by atoms with Crippen molar-refractivity contribution in [2.24, 2.45) is 4.99 Å². The van der Waals surface area contributed by atoms with Crippen LogP contribution >= 0.6 is 0 Å². The Labute approximate surface area is 141 Å². The highest BCUT2D eigenvalue weighted by atomic mass is 16.6. The Balaban J connectivity index is 1.90. The lowest BCUT2D eigenvalue weighted by Crippen LogP contribution is -2.42. The molecular formula is C16H24N4O4. The van der Waals surface area contributed by atoms with Crippen LogP contribution in [-0.2, 0) is 16.0 Å². The molecule has 24 heavy (non-hydrogen) atoms. The molecule has 0 spiro atoms. The summed E-state index contributed by atoms with van der Waals surface area (Å²) in [7, 11) is 1.65. The molecule has 8 nitrogen and oxygen atoms in total. The van der Waals surface area contributed by atoms with Crippen molar-refractivity contribution in [3.63, 3.8) is 0 Å². The largest absolute Gasteiger partial charge is 0.383 e. The Morgan fingerprint density at radius 1 is 1.42 bits per heavy atom. The summed E-state index contributed by atoms with van der Waals surface area (Å²) in [5, 5.41) is 17.1. The van der Waals surface area contributed by atoms with Gasteiger partial charge in [0.15, 0.2) is 5.96 Å². The molecule has 1 atom stereocenters. The molecule has 1 aromatic carbocycles. The van der Waals surface area contributed by atoms with Gasteiger partial charge in [0.25, 0.3) is 5.69 Å². The van der Waals surface area contributed by atoms with Crippen LogP contribution in [0.15, 0.2) is 29.3 Å². The second-order valence-electron chi connectivity index (χ2n) is 5.52. The van der Waals surface area contributed by atoms with Crippen molar-refractivity contribution in [1.82, 2.24) is 10.6 Å². The van der Waals surface area contributed by atoms with E-state index in [-0.39, 0.29) is 11.8 Å². The highest BCUT2D eigenvalue weighted by molar-refractivity contribution is 5.79. The predicted octanol–water partition coefficient (Wildman–Crippen LogP) is 1.46. The normalized spacial score (nSPS) is 17.7. The number of aliphatic imine (C=N–C) groups is 1. The number of rotatable bonds is 8. The first-order valence-electron chi connectivity index (χ1n) is 8.05. The quantitative estimate of drug-likeness (QED) is 0.245. The maximum Gasteiger partial charge on any atom is 0.269 e. The molecule has 0 aromatic heterocycles. The van der Waals surface area contributed by atoms with Crippen LogP contribution < -0.4 is 10.6 Å². The van der Waals surface area contributed by atoms with E-state index in [2.05, 4.69) is 15.6 Å². The van der Waals surface area contributed by atoms with Crippen LogP contribution in [0.2, 0.25) is 0 Å². The maximum atomic E-state index is 10.7. The van der Waals surface area contributed by atoms with Crippen LogP contribution in [0, 0.1) is 10.1 Å². The lowest BCUT2D eigenvalue weighted by Gasteiger charge is -2.15. The molecule has 0 radical (unpaired) electrons. The molecular weight excluding hydrogens is 312 g/mol. The van der Waals surface area contributed by atoms with Gasteiger partial charge in [-0.05, 0) is 18.4 Å². The smallest absolute Gasteiger partial charge is 0.269 e. The lowest BCUT2D eigenvalue weighted by atomic mass is 10.2. The molecule has 1 heterocycles. The number of hydrogen-bond acceptors (Lipinski definition) is 5. The number of nitrogens with zero attached hydrogens (tertiary/aromatic N) is 2. The second kappa shape index (κ2) is 9.84. The zero-order chi connectivity index (χ0) is 17.2. The molecule has 2 N–H and O–H groups in total. The monoisotopic (exact) mass is 336 g/mol. The summed E-state index contributed by atoms with van der Waals surface area (Å²) < 4.78 is 10.6. The molecule has 1 aliphatic heterocycles. The van der Waals surface area contributed by atoms with Crippen LogP contribution in [0.4, 0.5) is 5.69 Å². The summed E-state index contributed by atoms with van der Waals surface area (Å²) in [4.78, 5) is 14.8. The third-order valence-corrected chi connectivity index (χ3v) is 3.69. The summed E-state index contributed by atoms with van der Waals surface area (Å²) >= 11 is 0. The van der Waals surface area contributed by atoms with Crippen LogP contribution in [0.1, 0.15) is 18.4 Å². The van der Waals surface area contributed by atoms with Gasteiger partial charge in [-0.2, -0.15) is 0 Å². The Kier molecular flexibility index (Phi) is 7.44. The topological polar surface area (TPSA) is 98.0 Å². The number of benzene rings is 1. The number of guanidine groups is 1. The summed E-state index contributed by atoms with van der Waals surface area (Å²) in [5.74, 6) is 0.681. The minimum absolute atomic E-state index is 0.0812. The van der Waals surface area contributed by atoms with E-state index < -0.39 is 4.92 Å². The summed E-state index contributed by atoms with van der Waals surface area (Å²) in [5.41, 5.74) is 0.989. The van der Waals surface area contributed by atoms with E-state index in [0.717, 1.165) is 25.0 Å². The minimum atomic E-state index is -0.409. The zero-order valence-electron chi connectivity index (χ0n) is 13.9. The maximum absolute atomic E-state index is 10.7. The van der Waals surface area contributed by atoms with Gasteiger partial charge in [-0.25, -0.2) is 4.99 Å². The SMILES string of the molecule is COCCNC(=NCc1ccc([N+](=O)[O-])cc1)NCC1CCCO1. The van der Waals surface area contributed by atoms with E-state index in [0.29, 0.717) is 32.2 Å². The molecule has 132 valence electrons. The first kappa shape index (κ1) is 18.2. The first-order chi connectivity index (χ1) is 11.7. The summed E-state index contributed by atoms with van der Waals surface area (Å²) in [6, 6.07) is 6.41. The van der Waals surface area contributed by atoms with Gasteiger partial charge in [-0.3, -0.25) is 10.1 Å². The van der Waals surface area contributed by atoms with E-state index >= 15 is 0 Å². The first-order valence-corrected chi connectivity index (χ1v) is 8.05.